The van der Waals surface area contributed by atoms with E-state index in [0.29, 0.717) is 18.2 Å². The molecule has 1 aromatic heterocycles. The van der Waals surface area contributed by atoms with Crippen LogP contribution in [0.3, 0.4) is 0 Å². The molecule has 0 bridgehead atoms. The first-order valence-electron chi connectivity index (χ1n) is 7.13. The third-order valence-corrected chi connectivity index (χ3v) is 3.68. The maximum Gasteiger partial charge on any atom is 0.124 e. The highest BCUT2D eigenvalue weighted by Crippen LogP contribution is 2.25. The summed E-state index contributed by atoms with van der Waals surface area (Å²) in [4.78, 5) is 4.06. The lowest BCUT2D eigenvalue weighted by Gasteiger charge is -2.13. The highest BCUT2D eigenvalue weighted by atomic mass is 35.5. The minimum absolute atomic E-state index is 0.541. The molecule has 3 rings (SSSR count). The van der Waals surface area contributed by atoms with Crippen LogP contribution in [0.2, 0.25) is 5.02 Å². The van der Waals surface area contributed by atoms with Gasteiger partial charge in [0.2, 0.25) is 0 Å². The molecule has 0 fully saturated rings. The Morgan fingerprint density at radius 1 is 1.14 bits per heavy atom. The third kappa shape index (κ3) is 3.68. The Kier molecular flexibility index (Phi) is 4.45. The van der Waals surface area contributed by atoms with Crippen molar-refractivity contribution in [1.29, 1.82) is 0 Å². The number of aryl methyl sites for hydroxylation is 1. The Labute approximate surface area is 135 Å². The van der Waals surface area contributed by atoms with E-state index in [1.54, 1.807) is 12.5 Å². The molecule has 0 saturated heterocycles. The van der Waals surface area contributed by atoms with Crippen molar-refractivity contribution >= 4 is 11.6 Å². The number of benzene rings is 2. The topological polar surface area (TPSA) is 27.1 Å². The van der Waals surface area contributed by atoms with Gasteiger partial charge in [0.15, 0.2) is 0 Å². The van der Waals surface area contributed by atoms with Crippen LogP contribution in [0.25, 0.3) is 0 Å². The lowest BCUT2D eigenvalue weighted by Crippen LogP contribution is -2.02. The van der Waals surface area contributed by atoms with Crippen molar-refractivity contribution in [3.05, 3.63) is 82.9 Å². The fraction of sp³-hybridized carbons (Fsp3) is 0.167. The number of hydrogen-bond donors (Lipinski definition) is 0. The van der Waals surface area contributed by atoms with Crippen molar-refractivity contribution in [3.63, 3.8) is 0 Å². The van der Waals surface area contributed by atoms with Gasteiger partial charge < -0.3 is 9.30 Å². The number of halogens is 1. The van der Waals surface area contributed by atoms with E-state index in [1.807, 2.05) is 29.0 Å². The Morgan fingerprint density at radius 2 is 1.95 bits per heavy atom. The zero-order chi connectivity index (χ0) is 15.4. The summed E-state index contributed by atoms with van der Waals surface area (Å²) in [6.07, 6.45) is 5.46. The normalized spacial score (nSPS) is 10.6. The van der Waals surface area contributed by atoms with Crippen LogP contribution in [-0.4, -0.2) is 9.55 Å². The van der Waals surface area contributed by atoms with Gasteiger partial charge >= 0.3 is 0 Å². The van der Waals surface area contributed by atoms with Gasteiger partial charge in [-0.15, -0.1) is 0 Å². The number of nitrogens with zero attached hydrogens (tertiary/aromatic N) is 2. The Hall–Kier alpha value is -2.26. The number of imidazole rings is 1. The minimum atomic E-state index is 0.541. The summed E-state index contributed by atoms with van der Waals surface area (Å²) in [7, 11) is 0. The first-order valence-corrected chi connectivity index (χ1v) is 7.51. The Morgan fingerprint density at radius 3 is 2.68 bits per heavy atom. The highest BCUT2D eigenvalue weighted by molar-refractivity contribution is 6.30. The monoisotopic (exact) mass is 312 g/mol. The summed E-state index contributed by atoms with van der Waals surface area (Å²) in [5, 5.41) is 0.706. The van der Waals surface area contributed by atoms with Gasteiger partial charge in [0.25, 0.3) is 0 Å². The van der Waals surface area contributed by atoms with E-state index >= 15 is 0 Å². The molecule has 0 aliphatic rings. The van der Waals surface area contributed by atoms with E-state index in [2.05, 4.69) is 36.2 Å². The predicted octanol–water partition coefficient (Wildman–Crippen LogP) is 4.47. The highest BCUT2D eigenvalue weighted by Gasteiger charge is 2.06. The fourth-order valence-corrected chi connectivity index (χ4v) is 2.43. The van der Waals surface area contributed by atoms with Crippen LogP contribution in [0.5, 0.6) is 5.75 Å². The molecule has 2 aromatic carbocycles. The zero-order valence-corrected chi connectivity index (χ0v) is 13.1. The summed E-state index contributed by atoms with van der Waals surface area (Å²) in [5.74, 6) is 0.846. The summed E-state index contributed by atoms with van der Waals surface area (Å²) >= 11 is 6.11. The first-order chi connectivity index (χ1) is 10.7. The maximum absolute atomic E-state index is 6.11. The molecule has 0 atom stereocenters. The standard InChI is InChI=1S/C18H17ClN2O/c1-14-2-4-15(5-3-14)12-22-18-7-6-17(19)10-16(18)11-21-9-8-20-13-21/h2-10,13H,11-12H2,1H3. The summed E-state index contributed by atoms with van der Waals surface area (Å²) in [6, 6.07) is 14.1. The van der Waals surface area contributed by atoms with Crippen LogP contribution in [-0.2, 0) is 13.2 Å². The number of aromatic nitrogens is 2. The van der Waals surface area contributed by atoms with Crippen LogP contribution in [0.1, 0.15) is 16.7 Å². The van der Waals surface area contributed by atoms with Crippen molar-refractivity contribution in [3.8, 4) is 5.75 Å². The van der Waals surface area contributed by atoms with Gasteiger partial charge in [-0.1, -0.05) is 41.4 Å². The van der Waals surface area contributed by atoms with Crippen molar-refractivity contribution in [1.82, 2.24) is 9.55 Å². The molecule has 0 aliphatic heterocycles. The Bertz CT molecular complexity index is 736. The van der Waals surface area contributed by atoms with E-state index in [1.165, 1.54) is 5.56 Å². The first kappa shape index (κ1) is 14.7. The van der Waals surface area contributed by atoms with Crippen LogP contribution in [0, 0.1) is 6.92 Å². The average Bonchev–Trinajstić information content (AvgIpc) is 3.01. The molecule has 112 valence electrons. The van der Waals surface area contributed by atoms with Crippen LogP contribution < -0.4 is 4.74 Å². The molecule has 0 amide bonds. The lowest BCUT2D eigenvalue weighted by atomic mass is 10.1. The van der Waals surface area contributed by atoms with Gasteiger partial charge in [0.1, 0.15) is 12.4 Å². The third-order valence-electron chi connectivity index (χ3n) is 3.45. The van der Waals surface area contributed by atoms with Crippen molar-refractivity contribution in [2.24, 2.45) is 0 Å². The van der Waals surface area contributed by atoms with E-state index in [4.69, 9.17) is 16.3 Å². The molecule has 0 unspecified atom stereocenters. The second kappa shape index (κ2) is 6.67. The van der Waals surface area contributed by atoms with Gasteiger partial charge in [0, 0.05) is 23.0 Å². The Balaban J connectivity index is 1.76. The minimum Gasteiger partial charge on any atom is -0.489 e. The summed E-state index contributed by atoms with van der Waals surface area (Å²) in [5.41, 5.74) is 3.43. The molecule has 0 saturated carbocycles. The smallest absolute Gasteiger partial charge is 0.124 e. The zero-order valence-electron chi connectivity index (χ0n) is 12.4. The maximum atomic E-state index is 6.11. The van der Waals surface area contributed by atoms with Gasteiger partial charge in [-0.25, -0.2) is 4.98 Å². The number of ether oxygens (including phenoxy) is 1. The molecule has 1 heterocycles. The number of hydrogen-bond acceptors (Lipinski definition) is 2. The van der Waals surface area contributed by atoms with Gasteiger partial charge in [0.05, 0.1) is 12.9 Å². The molecule has 4 heteroatoms. The van der Waals surface area contributed by atoms with E-state index < -0.39 is 0 Å². The van der Waals surface area contributed by atoms with Crippen molar-refractivity contribution < 1.29 is 4.74 Å². The molecule has 22 heavy (non-hydrogen) atoms. The molecule has 0 aliphatic carbocycles. The second-order valence-electron chi connectivity index (χ2n) is 5.26. The van der Waals surface area contributed by atoms with Crippen LogP contribution >= 0.6 is 11.6 Å². The largest absolute Gasteiger partial charge is 0.489 e. The van der Waals surface area contributed by atoms with Crippen molar-refractivity contribution in [2.75, 3.05) is 0 Å². The predicted molar refractivity (Wildman–Crippen MR) is 88.3 cm³/mol. The van der Waals surface area contributed by atoms with E-state index in [-0.39, 0.29) is 0 Å². The molecular formula is C18H17ClN2O. The summed E-state index contributed by atoms with van der Waals surface area (Å²) in [6.45, 7) is 3.30. The second-order valence-corrected chi connectivity index (χ2v) is 5.70. The van der Waals surface area contributed by atoms with E-state index in [9.17, 15) is 0 Å². The van der Waals surface area contributed by atoms with Crippen LogP contribution in [0.15, 0.2) is 61.2 Å². The molecular weight excluding hydrogens is 296 g/mol. The van der Waals surface area contributed by atoms with Gasteiger partial charge in [-0.2, -0.15) is 0 Å². The summed E-state index contributed by atoms with van der Waals surface area (Å²) < 4.78 is 7.96. The lowest BCUT2D eigenvalue weighted by molar-refractivity contribution is 0.302. The molecule has 3 nitrogen and oxygen atoms in total. The van der Waals surface area contributed by atoms with Gasteiger partial charge in [-0.3, -0.25) is 0 Å². The average molecular weight is 313 g/mol. The van der Waals surface area contributed by atoms with Crippen LogP contribution in [0.4, 0.5) is 0 Å². The quantitative estimate of drug-likeness (QED) is 0.695. The molecule has 3 aromatic rings. The molecule has 0 spiro atoms. The molecule has 0 N–H and O–H groups in total. The SMILES string of the molecule is Cc1ccc(COc2ccc(Cl)cc2Cn2ccnc2)cc1. The number of rotatable bonds is 5. The molecule has 0 radical (unpaired) electrons. The van der Waals surface area contributed by atoms with E-state index in [0.717, 1.165) is 16.9 Å². The fourth-order valence-electron chi connectivity index (χ4n) is 2.23. The van der Waals surface area contributed by atoms with Crippen molar-refractivity contribution in [2.45, 2.75) is 20.1 Å². The van der Waals surface area contributed by atoms with Gasteiger partial charge in [-0.05, 0) is 30.7 Å².